The summed E-state index contributed by atoms with van der Waals surface area (Å²) in [7, 11) is 0. The molecule has 0 spiro atoms. The third kappa shape index (κ3) is 2.79. The van der Waals surface area contributed by atoms with Crippen molar-refractivity contribution in [3.05, 3.63) is 29.8 Å². The average molecular weight is 276 g/mol. The highest BCUT2D eigenvalue weighted by atomic mass is 16.5. The van der Waals surface area contributed by atoms with Crippen LogP contribution < -0.4 is 5.01 Å². The number of esters is 1. The van der Waals surface area contributed by atoms with Crippen LogP contribution in [0.25, 0.3) is 0 Å². The normalized spacial score (nSPS) is 17.8. The second kappa shape index (κ2) is 5.73. The lowest BCUT2D eigenvalue weighted by molar-refractivity contribution is -0.138. The highest BCUT2D eigenvalue weighted by Gasteiger charge is 2.36. The molecule has 20 heavy (non-hydrogen) atoms. The second-order valence-electron chi connectivity index (χ2n) is 4.51. The number of ether oxygens (including phenoxy) is 1. The number of hydrogen-bond acceptors (Lipinski definition) is 5. The van der Waals surface area contributed by atoms with E-state index in [0.717, 1.165) is 5.56 Å². The number of nitrogens with zero attached hydrogens (tertiary/aromatic N) is 2. The first-order chi connectivity index (χ1) is 9.52. The first kappa shape index (κ1) is 14.0. The molecule has 106 valence electrons. The second-order valence-corrected chi connectivity index (χ2v) is 4.51. The van der Waals surface area contributed by atoms with E-state index in [-0.39, 0.29) is 18.7 Å². The molecule has 0 fully saturated rings. The first-order valence-electron chi connectivity index (χ1n) is 6.36. The van der Waals surface area contributed by atoms with E-state index in [4.69, 9.17) is 4.74 Å². The van der Waals surface area contributed by atoms with Gasteiger partial charge in [0.1, 0.15) is 5.71 Å². The highest BCUT2D eigenvalue weighted by molar-refractivity contribution is 6.38. The number of benzene rings is 1. The average Bonchev–Trinajstić information content (AvgIpc) is 2.84. The summed E-state index contributed by atoms with van der Waals surface area (Å²) in [5.41, 5.74) is 1.78. The molecule has 0 saturated heterocycles. The van der Waals surface area contributed by atoms with Gasteiger partial charge < -0.3 is 9.84 Å². The van der Waals surface area contributed by atoms with Crippen LogP contribution >= 0.6 is 0 Å². The zero-order valence-corrected chi connectivity index (χ0v) is 11.4. The van der Waals surface area contributed by atoms with Gasteiger partial charge in [-0.15, -0.1) is 0 Å². The summed E-state index contributed by atoms with van der Waals surface area (Å²) in [6, 6.07) is 6.44. The van der Waals surface area contributed by atoms with Crippen molar-refractivity contribution >= 4 is 23.3 Å². The Balaban J connectivity index is 2.32. The molecule has 1 aliphatic heterocycles. The molecule has 1 heterocycles. The molecular formula is C14H16N2O4. The van der Waals surface area contributed by atoms with Crippen LogP contribution in [-0.4, -0.2) is 35.4 Å². The summed E-state index contributed by atoms with van der Waals surface area (Å²) >= 11 is 0. The Bertz CT molecular complexity index is 568. The van der Waals surface area contributed by atoms with E-state index in [0.29, 0.717) is 5.69 Å². The number of carbonyl (C=O) groups excluding carboxylic acids is 1. The van der Waals surface area contributed by atoms with Crippen molar-refractivity contribution in [1.82, 2.24) is 0 Å². The topological polar surface area (TPSA) is 79.2 Å². The fourth-order valence-corrected chi connectivity index (χ4v) is 2.05. The molecule has 6 heteroatoms. The van der Waals surface area contributed by atoms with Crippen LogP contribution in [0.2, 0.25) is 0 Å². The highest BCUT2D eigenvalue weighted by Crippen LogP contribution is 2.25. The molecule has 0 saturated carbocycles. The lowest BCUT2D eigenvalue weighted by Crippen LogP contribution is -2.34. The summed E-state index contributed by atoms with van der Waals surface area (Å²) in [5.74, 6) is -1.58. The number of anilines is 1. The minimum absolute atomic E-state index is 0.0438. The summed E-state index contributed by atoms with van der Waals surface area (Å²) in [6.07, 6.45) is 0.0438. The van der Waals surface area contributed by atoms with Gasteiger partial charge in [0.05, 0.1) is 12.3 Å². The van der Waals surface area contributed by atoms with Gasteiger partial charge >= 0.3 is 11.9 Å². The Kier molecular flexibility index (Phi) is 4.02. The van der Waals surface area contributed by atoms with Crippen molar-refractivity contribution in [2.75, 3.05) is 11.6 Å². The number of aliphatic carboxylic acids is 1. The minimum Gasteiger partial charge on any atom is -0.480 e. The zero-order valence-electron chi connectivity index (χ0n) is 11.4. The SMILES string of the molecule is CCOC(=O)C1=NN(c2cccc(C)c2)C(C(=O)O)C1. The van der Waals surface area contributed by atoms with Crippen LogP contribution in [0.4, 0.5) is 5.69 Å². The number of carboxylic acids is 1. The van der Waals surface area contributed by atoms with E-state index in [1.54, 1.807) is 13.0 Å². The molecule has 0 aliphatic carbocycles. The van der Waals surface area contributed by atoms with Crippen LogP contribution in [-0.2, 0) is 14.3 Å². The predicted octanol–water partition coefficient (Wildman–Crippen LogP) is 1.58. The van der Waals surface area contributed by atoms with Crippen LogP contribution in [0.5, 0.6) is 0 Å². The van der Waals surface area contributed by atoms with Gasteiger partial charge in [-0.2, -0.15) is 5.10 Å². The standard InChI is InChI=1S/C14H16N2O4/c1-3-20-14(19)11-8-12(13(17)18)16(15-11)10-6-4-5-9(2)7-10/h4-7,12H,3,8H2,1-2H3,(H,17,18). The van der Waals surface area contributed by atoms with Crippen molar-refractivity contribution in [2.45, 2.75) is 26.3 Å². The Morgan fingerprint density at radius 2 is 2.25 bits per heavy atom. The molecule has 1 N–H and O–H groups in total. The zero-order chi connectivity index (χ0) is 14.7. The number of carbonyl (C=O) groups is 2. The van der Waals surface area contributed by atoms with Crippen LogP contribution in [0.1, 0.15) is 18.9 Å². The van der Waals surface area contributed by atoms with Crippen molar-refractivity contribution in [1.29, 1.82) is 0 Å². The summed E-state index contributed by atoms with van der Waals surface area (Å²) < 4.78 is 4.87. The van der Waals surface area contributed by atoms with E-state index in [9.17, 15) is 14.7 Å². The van der Waals surface area contributed by atoms with Gasteiger partial charge in [-0.05, 0) is 31.5 Å². The lowest BCUT2D eigenvalue weighted by Gasteiger charge is -2.20. The molecular weight excluding hydrogens is 260 g/mol. The van der Waals surface area contributed by atoms with E-state index in [1.807, 2.05) is 25.1 Å². The van der Waals surface area contributed by atoms with Gasteiger partial charge in [-0.1, -0.05) is 12.1 Å². The van der Waals surface area contributed by atoms with Gasteiger partial charge in [0, 0.05) is 6.42 Å². The molecule has 1 aromatic rings. The Labute approximate surface area is 116 Å². The molecule has 1 atom stereocenters. The summed E-state index contributed by atoms with van der Waals surface area (Å²) in [4.78, 5) is 23.0. The van der Waals surface area contributed by atoms with E-state index >= 15 is 0 Å². The number of carboxylic acid groups (broad SMARTS) is 1. The predicted molar refractivity (Wildman–Crippen MR) is 73.8 cm³/mol. The Morgan fingerprint density at radius 1 is 1.50 bits per heavy atom. The largest absolute Gasteiger partial charge is 0.480 e. The first-order valence-corrected chi connectivity index (χ1v) is 6.36. The van der Waals surface area contributed by atoms with Gasteiger partial charge in [-0.3, -0.25) is 5.01 Å². The molecule has 0 aromatic heterocycles. The number of hydrogen-bond donors (Lipinski definition) is 1. The van der Waals surface area contributed by atoms with Crippen molar-refractivity contribution < 1.29 is 19.4 Å². The maximum absolute atomic E-state index is 11.7. The monoisotopic (exact) mass is 276 g/mol. The fourth-order valence-electron chi connectivity index (χ4n) is 2.05. The van der Waals surface area contributed by atoms with Crippen molar-refractivity contribution in [3.63, 3.8) is 0 Å². The maximum Gasteiger partial charge on any atom is 0.354 e. The Hall–Kier alpha value is -2.37. The number of aryl methyl sites for hydroxylation is 1. The molecule has 0 radical (unpaired) electrons. The lowest BCUT2D eigenvalue weighted by atomic mass is 10.1. The van der Waals surface area contributed by atoms with Gasteiger partial charge in [-0.25, -0.2) is 9.59 Å². The fraction of sp³-hybridized carbons (Fsp3) is 0.357. The van der Waals surface area contributed by atoms with E-state index in [1.165, 1.54) is 5.01 Å². The molecule has 1 unspecified atom stereocenters. The van der Waals surface area contributed by atoms with Gasteiger partial charge in [0.15, 0.2) is 6.04 Å². The van der Waals surface area contributed by atoms with Crippen molar-refractivity contribution in [3.8, 4) is 0 Å². The van der Waals surface area contributed by atoms with Crippen LogP contribution in [0, 0.1) is 6.92 Å². The van der Waals surface area contributed by atoms with Crippen LogP contribution in [0.15, 0.2) is 29.4 Å². The van der Waals surface area contributed by atoms with Crippen LogP contribution in [0.3, 0.4) is 0 Å². The Morgan fingerprint density at radius 3 is 2.85 bits per heavy atom. The van der Waals surface area contributed by atoms with Gasteiger partial charge in [0.25, 0.3) is 0 Å². The summed E-state index contributed by atoms with van der Waals surface area (Å²) in [5, 5.41) is 14.8. The minimum atomic E-state index is -1.02. The molecule has 0 bridgehead atoms. The molecule has 1 aromatic carbocycles. The smallest absolute Gasteiger partial charge is 0.354 e. The number of hydrazone groups is 1. The van der Waals surface area contributed by atoms with Crippen molar-refractivity contribution in [2.24, 2.45) is 5.10 Å². The van der Waals surface area contributed by atoms with Gasteiger partial charge in [0.2, 0.25) is 0 Å². The third-order valence-corrected chi connectivity index (χ3v) is 2.97. The quantitative estimate of drug-likeness (QED) is 0.844. The van der Waals surface area contributed by atoms with E-state index in [2.05, 4.69) is 5.10 Å². The molecule has 1 aliphatic rings. The third-order valence-electron chi connectivity index (χ3n) is 2.97. The number of rotatable bonds is 4. The molecule has 0 amide bonds. The summed E-state index contributed by atoms with van der Waals surface area (Å²) in [6.45, 7) is 3.84. The van der Waals surface area contributed by atoms with E-state index < -0.39 is 18.0 Å². The maximum atomic E-state index is 11.7. The molecule has 6 nitrogen and oxygen atoms in total. The molecule has 2 rings (SSSR count).